The third-order valence-electron chi connectivity index (χ3n) is 6.77. The average Bonchev–Trinajstić information content (AvgIpc) is 3.36. The largest absolute Gasteiger partial charge is 0.493 e. The van der Waals surface area contributed by atoms with Crippen LogP contribution in [-0.4, -0.2) is 22.7 Å². The summed E-state index contributed by atoms with van der Waals surface area (Å²) in [5.41, 5.74) is 1.15. The highest BCUT2D eigenvalue weighted by Crippen LogP contribution is 2.37. The molecule has 0 saturated heterocycles. The smallest absolute Gasteiger partial charge is 0.416 e. The zero-order chi connectivity index (χ0) is 29.7. The van der Waals surface area contributed by atoms with Crippen molar-refractivity contribution in [3.63, 3.8) is 0 Å². The lowest BCUT2D eigenvalue weighted by Gasteiger charge is -2.27. The Hall–Kier alpha value is -5.05. The van der Waals surface area contributed by atoms with Crippen molar-refractivity contribution in [1.29, 1.82) is 0 Å². The molecule has 6 nitrogen and oxygen atoms in total. The summed E-state index contributed by atoms with van der Waals surface area (Å²) in [7, 11) is 0. The molecule has 0 atom stereocenters. The molecule has 0 radical (unpaired) electrons. The summed E-state index contributed by atoms with van der Waals surface area (Å²) in [5.74, 6) is 0.405. The molecule has 0 amide bonds. The molecule has 5 aromatic rings. The highest BCUT2D eigenvalue weighted by atomic mass is 19.4. The number of para-hydroxylation sites is 1. The van der Waals surface area contributed by atoms with Crippen LogP contribution in [0.15, 0.2) is 108 Å². The first-order valence-electron chi connectivity index (χ1n) is 13.2. The molecule has 0 saturated carbocycles. The van der Waals surface area contributed by atoms with Crippen LogP contribution in [0.25, 0.3) is 11.5 Å². The summed E-state index contributed by atoms with van der Waals surface area (Å²) in [5, 5.41) is 9.67. The fraction of sp³-hybridized carbons (Fsp3) is 0.152. The van der Waals surface area contributed by atoms with Crippen molar-refractivity contribution in [1.82, 2.24) is 4.98 Å². The quantitative estimate of drug-likeness (QED) is 0.181. The fourth-order valence-corrected chi connectivity index (χ4v) is 4.67. The van der Waals surface area contributed by atoms with Gasteiger partial charge in [0.2, 0.25) is 5.89 Å². The van der Waals surface area contributed by atoms with Gasteiger partial charge in [-0.25, -0.2) is 9.78 Å². The van der Waals surface area contributed by atoms with Crippen molar-refractivity contribution in [2.75, 3.05) is 11.5 Å². The first-order valence-corrected chi connectivity index (χ1v) is 13.2. The van der Waals surface area contributed by atoms with Crippen LogP contribution in [0.4, 0.5) is 24.5 Å². The molecule has 1 N–H and O–H groups in total. The Labute approximate surface area is 240 Å². The lowest BCUT2D eigenvalue weighted by Crippen LogP contribution is -2.22. The summed E-state index contributed by atoms with van der Waals surface area (Å²) in [4.78, 5) is 18.1. The average molecular weight is 573 g/mol. The number of ether oxygens (including phenoxy) is 1. The monoisotopic (exact) mass is 572 g/mol. The van der Waals surface area contributed by atoms with Gasteiger partial charge in [-0.3, -0.25) is 0 Å². The van der Waals surface area contributed by atoms with E-state index in [0.29, 0.717) is 41.8 Å². The molecule has 0 aliphatic carbocycles. The van der Waals surface area contributed by atoms with E-state index in [1.165, 1.54) is 6.07 Å². The number of hydrogen-bond donors (Lipinski definition) is 1. The van der Waals surface area contributed by atoms with Crippen LogP contribution in [0.1, 0.15) is 32.9 Å². The molecular weight excluding hydrogens is 545 g/mol. The number of halogens is 3. The van der Waals surface area contributed by atoms with E-state index in [9.17, 15) is 23.1 Å². The highest BCUT2D eigenvalue weighted by molar-refractivity contribution is 5.90. The predicted octanol–water partition coefficient (Wildman–Crippen LogP) is 8.33. The van der Waals surface area contributed by atoms with Gasteiger partial charge in [0.15, 0.2) is 0 Å². The van der Waals surface area contributed by atoms with Crippen LogP contribution >= 0.6 is 0 Å². The van der Waals surface area contributed by atoms with E-state index in [1.807, 2.05) is 37.3 Å². The maximum Gasteiger partial charge on any atom is 0.416 e. The van der Waals surface area contributed by atoms with E-state index >= 15 is 0 Å². The molecule has 4 aromatic carbocycles. The van der Waals surface area contributed by atoms with Crippen molar-refractivity contribution in [2.45, 2.75) is 26.1 Å². The minimum absolute atomic E-state index is 0.309. The van der Waals surface area contributed by atoms with Gasteiger partial charge in [0, 0.05) is 29.9 Å². The third-order valence-corrected chi connectivity index (χ3v) is 6.77. The number of anilines is 2. The Balaban J connectivity index is 1.35. The maximum absolute atomic E-state index is 13.9. The minimum atomic E-state index is -4.72. The lowest BCUT2D eigenvalue weighted by atomic mass is 9.99. The van der Waals surface area contributed by atoms with Gasteiger partial charge < -0.3 is 19.2 Å². The summed E-state index contributed by atoms with van der Waals surface area (Å²) >= 11 is 0. The van der Waals surface area contributed by atoms with Gasteiger partial charge >= 0.3 is 12.1 Å². The van der Waals surface area contributed by atoms with E-state index in [0.717, 1.165) is 23.4 Å². The Kier molecular flexibility index (Phi) is 8.28. The van der Waals surface area contributed by atoms with E-state index in [-0.39, 0.29) is 12.1 Å². The van der Waals surface area contributed by atoms with Crippen LogP contribution in [0.3, 0.4) is 0 Å². The highest BCUT2D eigenvalue weighted by Gasteiger charge is 2.35. The number of hydrogen-bond acceptors (Lipinski definition) is 5. The van der Waals surface area contributed by atoms with Crippen LogP contribution < -0.4 is 9.64 Å². The number of nitrogens with zero attached hydrogens (tertiary/aromatic N) is 2. The SMILES string of the molecule is Cc1oc(-c2ccccc2)nc1CCOc1ccc(N(Cc2c(C(=O)O)cccc2C(F)(F)F)c2ccccc2)cc1. The molecule has 9 heteroatoms. The summed E-state index contributed by atoms with van der Waals surface area (Å²) in [6.07, 6.45) is -4.20. The summed E-state index contributed by atoms with van der Waals surface area (Å²) < 4.78 is 53.5. The van der Waals surface area contributed by atoms with Crippen molar-refractivity contribution in [3.05, 3.63) is 131 Å². The van der Waals surface area contributed by atoms with Gasteiger partial charge in [0.05, 0.1) is 23.4 Å². The van der Waals surface area contributed by atoms with Gasteiger partial charge in [-0.1, -0.05) is 42.5 Å². The number of alkyl halides is 3. The molecule has 0 fully saturated rings. The predicted molar refractivity (Wildman–Crippen MR) is 153 cm³/mol. The van der Waals surface area contributed by atoms with Crippen molar-refractivity contribution in [3.8, 4) is 17.2 Å². The number of carbonyl (C=O) groups is 1. The van der Waals surface area contributed by atoms with E-state index in [4.69, 9.17) is 9.15 Å². The van der Waals surface area contributed by atoms with Gasteiger partial charge in [0.1, 0.15) is 11.5 Å². The number of aryl methyl sites for hydroxylation is 1. The second kappa shape index (κ2) is 12.2. The Bertz CT molecular complexity index is 1650. The van der Waals surface area contributed by atoms with E-state index in [2.05, 4.69) is 4.98 Å². The number of oxazole rings is 1. The fourth-order valence-electron chi connectivity index (χ4n) is 4.67. The molecule has 42 heavy (non-hydrogen) atoms. The lowest BCUT2D eigenvalue weighted by molar-refractivity contribution is -0.138. The number of carboxylic acids is 1. The molecular formula is C33H27F3N2O4. The van der Waals surface area contributed by atoms with Gasteiger partial charge in [-0.15, -0.1) is 0 Å². The molecule has 0 aliphatic heterocycles. The van der Waals surface area contributed by atoms with Crippen LogP contribution in [0.2, 0.25) is 0 Å². The van der Waals surface area contributed by atoms with Crippen molar-refractivity contribution in [2.24, 2.45) is 0 Å². The number of carboxylic acid groups (broad SMARTS) is 1. The zero-order valence-corrected chi connectivity index (χ0v) is 22.6. The zero-order valence-electron chi connectivity index (χ0n) is 22.6. The van der Waals surface area contributed by atoms with Crippen molar-refractivity contribution < 1.29 is 32.2 Å². The second-order valence-corrected chi connectivity index (χ2v) is 9.54. The molecule has 214 valence electrons. The van der Waals surface area contributed by atoms with Gasteiger partial charge in [-0.05, 0) is 73.2 Å². The van der Waals surface area contributed by atoms with Crippen LogP contribution in [-0.2, 0) is 19.1 Å². The Morgan fingerprint density at radius 2 is 1.52 bits per heavy atom. The van der Waals surface area contributed by atoms with E-state index < -0.39 is 23.3 Å². The number of benzene rings is 4. The second-order valence-electron chi connectivity index (χ2n) is 9.54. The van der Waals surface area contributed by atoms with Gasteiger partial charge in [-0.2, -0.15) is 13.2 Å². The van der Waals surface area contributed by atoms with Crippen molar-refractivity contribution >= 4 is 17.3 Å². The molecule has 0 bridgehead atoms. The van der Waals surface area contributed by atoms with Crippen LogP contribution in [0, 0.1) is 6.92 Å². The maximum atomic E-state index is 13.9. The topological polar surface area (TPSA) is 75.8 Å². The Morgan fingerprint density at radius 3 is 2.17 bits per heavy atom. The molecule has 0 aliphatic rings. The molecule has 5 rings (SSSR count). The first-order chi connectivity index (χ1) is 20.2. The van der Waals surface area contributed by atoms with Gasteiger partial charge in [0.25, 0.3) is 0 Å². The first kappa shape index (κ1) is 28.5. The Morgan fingerprint density at radius 1 is 0.881 bits per heavy atom. The third kappa shape index (κ3) is 6.46. The van der Waals surface area contributed by atoms with Crippen LogP contribution in [0.5, 0.6) is 5.75 Å². The molecule has 0 spiro atoms. The molecule has 0 unspecified atom stereocenters. The molecule has 1 heterocycles. The minimum Gasteiger partial charge on any atom is -0.493 e. The number of aromatic carboxylic acids is 1. The number of aromatic nitrogens is 1. The number of rotatable bonds is 10. The summed E-state index contributed by atoms with van der Waals surface area (Å²) in [6.45, 7) is 1.88. The summed E-state index contributed by atoms with van der Waals surface area (Å²) in [6, 6.07) is 28.6. The molecule has 1 aromatic heterocycles. The standard InChI is InChI=1S/C33H27F3N2O4/c1-22-30(37-31(42-22)23-9-4-2-5-10-23)19-20-41-26-17-15-25(16-18-26)38(24-11-6-3-7-12-24)21-28-27(32(39)40)13-8-14-29(28)33(34,35)36/h2-18H,19-21H2,1H3,(H,39,40). The van der Waals surface area contributed by atoms with E-state index in [1.54, 1.807) is 59.5 Å². The normalized spacial score (nSPS) is 11.3.